The summed E-state index contributed by atoms with van der Waals surface area (Å²) in [6.45, 7) is 7.99. The third-order valence-electron chi connectivity index (χ3n) is 6.76. The number of carbonyl (C=O) groups excluding carboxylic acids is 1. The molecule has 7 nitrogen and oxygen atoms in total. The van der Waals surface area contributed by atoms with E-state index in [1.54, 1.807) is 27.4 Å². The first-order valence-corrected chi connectivity index (χ1v) is 12.3. The average Bonchev–Trinajstić information content (AvgIpc) is 3.42. The summed E-state index contributed by atoms with van der Waals surface area (Å²) in [5.41, 5.74) is 7.73. The molecule has 1 amide bonds. The summed E-state index contributed by atoms with van der Waals surface area (Å²) in [6.07, 6.45) is 0.733. The van der Waals surface area contributed by atoms with Gasteiger partial charge in [0.15, 0.2) is 5.65 Å². The average molecular weight is 497 g/mol. The van der Waals surface area contributed by atoms with Crippen molar-refractivity contribution in [1.82, 2.24) is 29.7 Å². The van der Waals surface area contributed by atoms with Gasteiger partial charge >= 0.3 is 0 Å². The molecule has 5 rings (SSSR count). The Labute approximate surface area is 215 Å². The zero-order valence-electron chi connectivity index (χ0n) is 21.6. The fourth-order valence-corrected chi connectivity index (χ4v) is 4.62. The number of rotatable bonds is 6. The zero-order chi connectivity index (χ0) is 26.3. The number of nitrogens with one attached hydrogen (secondary N) is 1. The lowest BCUT2D eigenvalue weighted by atomic mass is 10.0. The molecule has 1 N–H and O–H groups in total. The summed E-state index contributed by atoms with van der Waals surface area (Å²) in [4.78, 5) is 18.6. The summed E-state index contributed by atoms with van der Waals surface area (Å²) in [5.74, 6) is -0.578. The number of carbonyl (C=O) groups is 1. The molecule has 0 aliphatic rings. The second-order valence-corrected chi connectivity index (χ2v) is 9.35. The molecule has 188 valence electrons. The van der Waals surface area contributed by atoms with Crippen LogP contribution in [-0.4, -0.2) is 30.3 Å². The monoisotopic (exact) mass is 496 g/mol. The molecule has 0 saturated heterocycles. The van der Waals surface area contributed by atoms with E-state index in [9.17, 15) is 9.18 Å². The Morgan fingerprint density at radius 3 is 2.30 bits per heavy atom. The van der Waals surface area contributed by atoms with Crippen LogP contribution in [0.15, 0.2) is 60.7 Å². The molecule has 0 saturated carbocycles. The van der Waals surface area contributed by atoms with E-state index in [-0.39, 0.29) is 17.8 Å². The van der Waals surface area contributed by atoms with Crippen molar-refractivity contribution in [2.24, 2.45) is 7.05 Å². The van der Waals surface area contributed by atoms with Gasteiger partial charge in [-0.15, -0.1) is 0 Å². The number of hydrogen-bond acceptors (Lipinski definition) is 4. The van der Waals surface area contributed by atoms with E-state index >= 15 is 0 Å². The highest BCUT2D eigenvalue weighted by Gasteiger charge is 2.22. The van der Waals surface area contributed by atoms with E-state index in [1.165, 1.54) is 12.1 Å². The summed E-state index contributed by atoms with van der Waals surface area (Å²) < 4.78 is 16.9. The summed E-state index contributed by atoms with van der Waals surface area (Å²) >= 11 is 0. The molecule has 2 aromatic carbocycles. The van der Waals surface area contributed by atoms with Gasteiger partial charge in [0.05, 0.1) is 23.1 Å². The lowest BCUT2D eigenvalue weighted by Crippen LogP contribution is -2.30. The number of fused-ring (bicyclic) bond motifs is 1. The van der Waals surface area contributed by atoms with Crippen LogP contribution in [0.25, 0.3) is 28.2 Å². The molecule has 0 bridgehead atoms. The molecule has 5 aromatic rings. The van der Waals surface area contributed by atoms with Crippen molar-refractivity contribution in [3.05, 3.63) is 94.7 Å². The topological polar surface area (TPSA) is 77.1 Å². The van der Waals surface area contributed by atoms with Gasteiger partial charge in [-0.3, -0.25) is 9.48 Å². The van der Waals surface area contributed by atoms with Crippen LogP contribution in [0.5, 0.6) is 0 Å². The van der Waals surface area contributed by atoms with Crippen molar-refractivity contribution in [1.29, 1.82) is 0 Å². The molecule has 0 unspecified atom stereocenters. The minimum absolute atomic E-state index is 0.159. The maximum absolute atomic E-state index is 13.7. The van der Waals surface area contributed by atoms with Crippen LogP contribution in [0.4, 0.5) is 4.39 Å². The number of hydrogen-bond donors (Lipinski definition) is 1. The van der Waals surface area contributed by atoms with E-state index in [4.69, 9.17) is 4.98 Å². The van der Waals surface area contributed by atoms with Crippen LogP contribution in [0, 0.1) is 26.6 Å². The Hall–Kier alpha value is -4.33. The van der Waals surface area contributed by atoms with Crippen LogP contribution in [0.2, 0.25) is 0 Å². The molecule has 0 aliphatic carbocycles. The third kappa shape index (κ3) is 4.62. The second kappa shape index (κ2) is 9.61. The predicted molar refractivity (Wildman–Crippen MR) is 142 cm³/mol. The van der Waals surface area contributed by atoms with Gasteiger partial charge in [-0.05, 0) is 63.1 Å². The minimum Gasteiger partial charge on any atom is -0.344 e. The Balaban J connectivity index is 1.63. The van der Waals surface area contributed by atoms with Gasteiger partial charge in [0.1, 0.15) is 11.5 Å². The number of aryl methyl sites for hydroxylation is 3. The highest BCUT2D eigenvalue weighted by molar-refractivity contribution is 5.95. The van der Waals surface area contributed by atoms with Crippen molar-refractivity contribution < 1.29 is 9.18 Å². The molecule has 0 spiro atoms. The van der Waals surface area contributed by atoms with Crippen LogP contribution in [-0.2, 0) is 7.05 Å². The summed E-state index contributed by atoms with van der Waals surface area (Å²) in [7, 11) is 1.89. The number of nitrogens with zero attached hydrogens (tertiary/aromatic N) is 5. The van der Waals surface area contributed by atoms with Gasteiger partial charge in [0.25, 0.3) is 5.91 Å². The Kier molecular flexibility index (Phi) is 6.33. The second-order valence-electron chi connectivity index (χ2n) is 9.35. The van der Waals surface area contributed by atoms with Gasteiger partial charge in [-0.2, -0.15) is 10.2 Å². The largest absolute Gasteiger partial charge is 0.344 e. The number of benzene rings is 2. The maximum atomic E-state index is 13.7. The molecule has 8 heteroatoms. The normalized spacial score (nSPS) is 12.2. The molecular weight excluding hydrogens is 467 g/mol. The first-order valence-electron chi connectivity index (χ1n) is 12.3. The SMILES string of the molecule is CC[C@@H](NC(=O)c1cc(-c2c(C)nn(C)c2C)nc2cc(-c3ccc(F)cc3)nn12)c1ccc(C)cc1. The number of aromatic nitrogens is 5. The highest BCUT2D eigenvalue weighted by Crippen LogP contribution is 2.29. The van der Waals surface area contributed by atoms with E-state index in [0.29, 0.717) is 22.7 Å². The Morgan fingerprint density at radius 1 is 0.973 bits per heavy atom. The first-order chi connectivity index (χ1) is 17.7. The Morgan fingerprint density at radius 2 is 1.68 bits per heavy atom. The molecular formula is C29H29FN6O. The van der Waals surface area contributed by atoms with Gasteiger partial charge < -0.3 is 5.32 Å². The molecule has 37 heavy (non-hydrogen) atoms. The quantitative estimate of drug-likeness (QED) is 0.325. The third-order valence-corrected chi connectivity index (χ3v) is 6.76. The van der Waals surface area contributed by atoms with Crippen LogP contribution in [0.3, 0.4) is 0 Å². The first kappa shape index (κ1) is 24.4. The van der Waals surface area contributed by atoms with Crippen molar-refractivity contribution in [2.45, 2.75) is 40.2 Å². The van der Waals surface area contributed by atoms with E-state index < -0.39 is 0 Å². The standard InChI is InChI=1S/C29H29FN6O/c1-6-23(20-9-7-17(2)8-10-20)32-29(37)26-15-25(28-18(3)33-35(5)19(28)4)31-27-16-24(34-36(26)27)21-11-13-22(30)14-12-21/h7-16,23H,6H2,1-5H3,(H,32,37)/t23-/m1/s1. The fourth-order valence-electron chi connectivity index (χ4n) is 4.62. The molecule has 3 aromatic heterocycles. The van der Waals surface area contributed by atoms with E-state index in [2.05, 4.69) is 15.5 Å². The van der Waals surface area contributed by atoms with Crippen molar-refractivity contribution >= 4 is 11.6 Å². The summed E-state index contributed by atoms with van der Waals surface area (Å²) in [5, 5.41) is 12.4. The lowest BCUT2D eigenvalue weighted by molar-refractivity contribution is 0.0928. The molecule has 0 aliphatic heterocycles. The van der Waals surface area contributed by atoms with Gasteiger partial charge in [-0.1, -0.05) is 36.8 Å². The van der Waals surface area contributed by atoms with E-state index in [1.807, 2.05) is 65.1 Å². The fraction of sp³-hybridized carbons (Fsp3) is 0.241. The summed E-state index contributed by atoms with van der Waals surface area (Å²) in [6, 6.07) is 17.7. The van der Waals surface area contributed by atoms with Crippen molar-refractivity contribution in [2.75, 3.05) is 0 Å². The number of halogens is 1. The van der Waals surface area contributed by atoms with Crippen LogP contribution >= 0.6 is 0 Å². The Bertz CT molecular complexity index is 1600. The van der Waals surface area contributed by atoms with Crippen molar-refractivity contribution in [3.8, 4) is 22.5 Å². The lowest BCUT2D eigenvalue weighted by Gasteiger charge is -2.18. The van der Waals surface area contributed by atoms with Gasteiger partial charge in [0, 0.05) is 29.9 Å². The van der Waals surface area contributed by atoms with Gasteiger partial charge in [0.2, 0.25) is 0 Å². The van der Waals surface area contributed by atoms with Crippen LogP contribution < -0.4 is 5.32 Å². The molecule has 0 fully saturated rings. The van der Waals surface area contributed by atoms with Crippen molar-refractivity contribution in [3.63, 3.8) is 0 Å². The number of amides is 1. The van der Waals surface area contributed by atoms with Gasteiger partial charge in [-0.25, -0.2) is 13.9 Å². The molecule has 0 radical (unpaired) electrons. The smallest absolute Gasteiger partial charge is 0.270 e. The van der Waals surface area contributed by atoms with E-state index in [0.717, 1.165) is 40.1 Å². The zero-order valence-corrected chi connectivity index (χ0v) is 21.6. The van der Waals surface area contributed by atoms with Crippen LogP contribution in [0.1, 0.15) is 52.4 Å². The molecule has 1 atom stereocenters. The molecule has 3 heterocycles. The minimum atomic E-state index is -0.322. The maximum Gasteiger partial charge on any atom is 0.270 e. The highest BCUT2D eigenvalue weighted by atomic mass is 19.1. The predicted octanol–water partition coefficient (Wildman–Crippen LogP) is 5.74.